The molecule has 29 heavy (non-hydrogen) atoms. The van der Waals surface area contributed by atoms with Crippen molar-refractivity contribution in [1.82, 2.24) is 0 Å². The van der Waals surface area contributed by atoms with E-state index in [1.54, 1.807) is 13.2 Å². The fourth-order valence-corrected chi connectivity index (χ4v) is 3.69. The van der Waals surface area contributed by atoms with E-state index >= 15 is 0 Å². The van der Waals surface area contributed by atoms with Crippen molar-refractivity contribution >= 4 is 5.97 Å². The van der Waals surface area contributed by atoms with Gasteiger partial charge in [0.1, 0.15) is 0 Å². The van der Waals surface area contributed by atoms with Gasteiger partial charge in [-0.15, -0.1) is 0 Å². The lowest BCUT2D eigenvalue weighted by Crippen LogP contribution is -2.20. The van der Waals surface area contributed by atoms with E-state index < -0.39 is 0 Å². The third kappa shape index (κ3) is 4.94. The summed E-state index contributed by atoms with van der Waals surface area (Å²) in [5.74, 6) is 1.58. The molecule has 1 aliphatic heterocycles. The van der Waals surface area contributed by atoms with Crippen molar-refractivity contribution < 1.29 is 28.8 Å². The van der Waals surface area contributed by atoms with Crippen LogP contribution in [-0.4, -0.2) is 38.0 Å². The van der Waals surface area contributed by atoms with Gasteiger partial charge in [-0.25, -0.2) is 0 Å². The summed E-state index contributed by atoms with van der Waals surface area (Å²) >= 11 is 0. The molecule has 0 aliphatic carbocycles. The summed E-state index contributed by atoms with van der Waals surface area (Å²) in [6.07, 6.45) is 1.25. The quantitative estimate of drug-likeness (QED) is 0.646. The van der Waals surface area contributed by atoms with Crippen molar-refractivity contribution in [2.45, 2.75) is 26.7 Å². The molecule has 6 nitrogen and oxygen atoms in total. The summed E-state index contributed by atoms with van der Waals surface area (Å²) < 4.78 is 21.8. The summed E-state index contributed by atoms with van der Waals surface area (Å²) in [4.78, 5) is 12.4. The Kier molecular flexibility index (Phi) is 6.86. The second-order valence-corrected chi connectivity index (χ2v) is 7.06. The van der Waals surface area contributed by atoms with Crippen molar-refractivity contribution in [3.8, 4) is 23.0 Å². The first-order valence-electron chi connectivity index (χ1n) is 9.96. The van der Waals surface area contributed by atoms with Crippen molar-refractivity contribution in [3.05, 3.63) is 47.5 Å². The Bertz CT molecular complexity index is 847. The maximum atomic E-state index is 12.4. The van der Waals surface area contributed by atoms with Crippen molar-refractivity contribution in [2.75, 3.05) is 26.9 Å². The minimum absolute atomic E-state index is 0.0548. The van der Waals surface area contributed by atoms with Crippen LogP contribution < -0.4 is 14.2 Å². The number of ether oxygens (including phenoxy) is 4. The lowest BCUT2D eigenvalue weighted by Gasteiger charge is -2.17. The van der Waals surface area contributed by atoms with Crippen LogP contribution >= 0.6 is 0 Å². The Morgan fingerprint density at radius 2 is 1.62 bits per heavy atom. The highest BCUT2D eigenvalue weighted by Gasteiger charge is 2.37. The summed E-state index contributed by atoms with van der Waals surface area (Å²) in [6, 6.07) is 11.1. The van der Waals surface area contributed by atoms with Gasteiger partial charge in [0.15, 0.2) is 23.0 Å². The van der Waals surface area contributed by atoms with Gasteiger partial charge in [0.2, 0.25) is 0 Å². The molecule has 156 valence electrons. The number of carbonyl (C=O) groups excluding carboxylic acids is 1. The van der Waals surface area contributed by atoms with E-state index in [1.807, 2.05) is 44.2 Å². The average molecular weight is 400 g/mol. The minimum Gasteiger partial charge on any atom is -0.504 e. The number of benzene rings is 2. The zero-order valence-electron chi connectivity index (χ0n) is 17.1. The number of aromatic hydroxyl groups is 1. The maximum absolute atomic E-state index is 12.4. The molecule has 0 aromatic heterocycles. The van der Waals surface area contributed by atoms with Gasteiger partial charge in [-0.05, 0) is 62.1 Å². The normalized spacial score (nSPS) is 18.4. The van der Waals surface area contributed by atoms with E-state index in [1.165, 1.54) is 0 Å². The molecule has 1 N–H and O–H groups in total. The molecule has 2 atom stereocenters. The highest BCUT2D eigenvalue weighted by molar-refractivity contribution is 5.75. The second kappa shape index (κ2) is 9.54. The van der Waals surface area contributed by atoms with E-state index in [0.29, 0.717) is 49.9 Å². The average Bonchev–Trinajstić information content (AvgIpc) is 3.05. The maximum Gasteiger partial charge on any atom is 0.309 e. The van der Waals surface area contributed by atoms with Crippen LogP contribution in [0.2, 0.25) is 0 Å². The van der Waals surface area contributed by atoms with E-state index in [9.17, 15) is 9.90 Å². The zero-order chi connectivity index (χ0) is 20.8. The number of methoxy groups -OCH3 is 1. The fourth-order valence-electron chi connectivity index (χ4n) is 3.69. The van der Waals surface area contributed by atoms with Crippen molar-refractivity contribution in [2.24, 2.45) is 11.8 Å². The molecule has 0 amide bonds. The topological polar surface area (TPSA) is 74.2 Å². The Balaban J connectivity index is 1.76. The van der Waals surface area contributed by atoms with Gasteiger partial charge >= 0.3 is 5.97 Å². The third-order valence-corrected chi connectivity index (χ3v) is 5.12. The smallest absolute Gasteiger partial charge is 0.309 e. The molecule has 1 heterocycles. The van der Waals surface area contributed by atoms with Gasteiger partial charge in [-0.1, -0.05) is 12.1 Å². The van der Waals surface area contributed by atoms with E-state index in [-0.39, 0.29) is 23.6 Å². The molecule has 2 aromatic carbocycles. The summed E-state index contributed by atoms with van der Waals surface area (Å²) in [6.45, 7) is 5.20. The molecule has 1 fully saturated rings. The monoisotopic (exact) mass is 400 g/mol. The third-order valence-electron chi connectivity index (χ3n) is 5.12. The first kappa shape index (κ1) is 20.8. The number of esters is 1. The molecular formula is C23H28O6. The van der Waals surface area contributed by atoms with Gasteiger partial charge < -0.3 is 24.1 Å². The van der Waals surface area contributed by atoms with Gasteiger partial charge in [0.05, 0.1) is 32.8 Å². The molecule has 0 radical (unpaired) electrons. The second-order valence-electron chi connectivity index (χ2n) is 7.06. The Morgan fingerprint density at radius 3 is 2.34 bits per heavy atom. The number of hydrogen-bond acceptors (Lipinski definition) is 6. The predicted octanol–water partition coefficient (Wildman–Crippen LogP) is 3.77. The van der Waals surface area contributed by atoms with Crippen LogP contribution in [0.3, 0.4) is 0 Å². The van der Waals surface area contributed by atoms with Gasteiger partial charge in [0.25, 0.3) is 0 Å². The molecule has 0 unspecified atom stereocenters. The molecular weight excluding hydrogens is 372 g/mol. The number of hydrogen-bond donors (Lipinski definition) is 1. The lowest BCUT2D eigenvalue weighted by atomic mass is 9.85. The molecule has 6 heteroatoms. The Hall–Kier alpha value is -2.89. The SMILES string of the molecule is CCOc1cc(C[C@H]2COC(=O)[C@@H]2Cc2ccc(OC)c(OCC)c2)ccc1O. The first-order chi connectivity index (χ1) is 14.0. The molecule has 1 aliphatic rings. The standard InChI is InChI=1S/C23H28O6/c1-4-27-21-12-15(6-8-19(21)24)10-17-14-29-23(25)18(17)11-16-7-9-20(26-3)22(13-16)28-5-2/h6-9,12-13,17-18,24H,4-5,10-11,14H2,1-3H3/t17-,18+/m0/s1. The van der Waals surface area contributed by atoms with Gasteiger partial charge in [-0.2, -0.15) is 0 Å². The predicted molar refractivity (Wildman–Crippen MR) is 109 cm³/mol. The summed E-state index contributed by atoms with van der Waals surface area (Å²) in [5.41, 5.74) is 2.01. The number of phenolic OH excluding ortho intramolecular Hbond substituents is 1. The van der Waals surface area contributed by atoms with Gasteiger partial charge in [-0.3, -0.25) is 4.79 Å². The van der Waals surface area contributed by atoms with E-state index in [4.69, 9.17) is 18.9 Å². The van der Waals surface area contributed by atoms with Crippen molar-refractivity contribution in [1.29, 1.82) is 0 Å². The Labute approximate surface area is 171 Å². The first-order valence-corrected chi connectivity index (χ1v) is 9.96. The highest BCUT2D eigenvalue weighted by Crippen LogP contribution is 2.34. The molecule has 2 aromatic rings. The minimum atomic E-state index is -0.234. The Morgan fingerprint density at radius 1 is 0.966 bits per heavy atom. The molecule has 3 rings (SSSR count). The van der Waals surface area contributed by atoms with Crippen LogP contribution in [0.4, 0.5) is 0 Å². The number of rotatable bonds is 9. The number of cyclic esters (lactones) is 1. The largest absolute Gasteiger partial charge is 0.504 e. The van der Waals surface area contributed by atoms with Crippen LogP contribution in [0.5, 0.6) is 23.0 Å². The van der Waals surface area contributed by atoms with Crippen LogP contribution in [0.25, 0.3) is 0 Å². The fraction of sp³-hybridized carbons (Fsp3) is 0.435. The molecule has 1 saturated heterocycles. The molecule has 0 saturated carbocycles. The molecule has 0 bridgehead atoms. The summed E-state index contributed by atoms with van der Waals surface area (Å²) in [5, 5.41) is 9.90. The van der Waals surface area contributed by atoms with Gasteiger partial charge in [0, 0.05) is 5.92 Å². The van der Waals surface area contributed by atoms with Crippen LogP contribution in [-0.2, 0) is 22.4 Å². The lowest BCUT2D eigenvalue weighted by molar-refractivity contribution is -0.141. The summed E-state index contributed by atoms with van der Waals surface area (Å²) in [7, 11) is 1.61. The van der Waals surface area contributed by atoms with Crippen LogP contribution in [0.1, 0.15) is 25.0 Å². The van der Waals surface area contributed by atoms with E-state index in [0.717, 1.165) is 11.1 Å². The zero-order valence-corrected chi connectivity index (χ0v) is 17.1. The van der Waals surface area contributed by atoms with E-state index in [2.05, 4.69) is 0 Å². The number of carbonyl (C=O) groups is 1. The molecule has 0 spiro atoms. The number of phenols is 1. The van der Waals surface area contributed by atoms with Crippen LogP contribution in [0.15, 0.2) is 36.4 Å². The van der Waals surface area contributed by atoms with Crippen LogP contribution in [0, 0.1) is 11.8 Å². The van der Waals surface area contributed by atoms with Crippen molar-refractivity contribution in [3.63, 3.8) is 0 Å². The highest BCUT2D eigenvalue weighted by atomic mass is 16.5.